The average molecular weight is 263 g/mol. The molecule has 0 amide bonds. The number of nitrogen functional groups attached to an aromatic ring is 1. The van der Waals surface area contributed by atoms with E-state index in [1.165, 1.54) is 31.5 Å². The lowest BCUT2D eigenvalue weighted by Crippen LogP contribution is -2.26. The molecule has 4 N–H and O–H groups in total. The number of hydrogen-bond acceptors (Lipinski definition) is 4. The van der Waals surface area contributed by atoms with Crippen molar-refractivity contribution in [2.45, 2.75) is 45.1 Å². The molecule has 0 atom stereocenters. The van der Waals surface area contributed by atoms with Crippen LogP contribution in [-0.2, 0) is 0 Å². The molecule has 1 saturated carbocycles. The number of nitrogens with two attached hydrogens (primary N) is 1. The molecular weight excluding hydrogens is 242 g/mol. The lowest BCUT2D eigenvalue weighted by Gasteiger charge is -2.28. The summed E-state index contributed by atoms with van der Waals surface area (Å²) >= 11 is 0. The van der Waals surface area contributed by atoms with Gasteiger partial charge in [-0.15, -0.1) is 0 Å². The van der Waals surface area contributed by atoms with Crippen molar-refractivity contribution in [2.24, 2.45) is 5.92 Å². The summed E-state index contributed by atoms with van der Waals surface area (Å²) in [5.74, 6) is 0.427. The van der Waals surface area contributed by atoms with Gasteiger partial charge in [-0.05, 0) is 37.7 Å². The first-order valence-electron chi connectivity index (χ1n) is 6.85. The summed E-state index contributed by atoms with van der Waals surface area (Å²) < 4.78 is 0. The van der Waals surface area contributed by atoms with Gasteiger partial charge in [0.25, 0.3) is 0 Å². The maximum atomic E-state index is 11.0. The van der Waals surface area contributed by atoms with Crippen LogP contribution in [0.15, 0.2) is 12.3 Å². The smallest absolute Gasteiger partial charge is 0.337 e. The van der Waals surface area contributed by atoms with E-state index >= 15 is 0 Å². The Balaban J connectivity index is 2.00. The van der Waals surface area contributed by atoms with Crippen molar-refractivity contribution in [3.63, 3.8) is 0 Å². The number of carboxylic acid groups (broad SMARTS) is 1. The maximum Gasteiger partial charge on any atom is 0.337 e. The highest BCUT2D eigenvalue weighted by atomic mass is 16.4. The fraction of sp³-hybridized carbons (Fsp3) is 0.571. The van der Waals surface area contributed by atoms with Gasteiger partial charge in [0.2, 0.25) is 0 Å². The average Bonchev–Trinajstić information content (AvgIpc) is 2.41. The fourth-order valence-electron chi connectivity index (χ4n) is 2.65. The molecule has 0 unspecified atom stereocenters. The van der Waals surface area contributed by atoms with Gasteiger partial charge in [0.05, 0.1) is 17.4 Å². The summed E-state index contributed by atoms with van der Waals surface area (Å²) in [5.41, 5.74) is 5.90. The Hall–Kier alpha value is -1.78. The van der Waals surface area contributed by atoms with Crippen LogP contribution in [0.3, 0.4) is 0 Å². The molecular formula is C14H21N3O2. The van der Waals surface area contributed by atoms with E-state index < -0.39 is 5.97 Å². The number of nitrogens with zero attached hydrogens (tertiary/aromatic N) is 1. The molecule has 1 aromatic heterocycles. The molecule has 0 radical (unpaired) electrons. The second-order valence-corrected chi connectivity index (χ2v) is 5.23. The van der Waals surface area contributed by atoms with Crippen molar-refractivity contribution in [2.75, 3.05) is 11.1 Å². The van der Waals surface area contributed by atoms with Crippen molar-refractivity contribution >= 4 is 17.5 Å². The van der Waals surface area contributed by atoms with E-state index in [0.717, 1.165) is 18.8 Å². The van der Waals surface area contributed by atoms with E-state index in [-0.39, 0.29) is 11.3 Å². The molecule has 0 bridgehead atoms. The fourth-order valence-corrected chi connectivity index (χ4v) is 2.65. The highest BCUT2D eigenvalue weighted by molar-refractivity contribution is 5.94. The van der Waals surface area contributed by atoms with E-state index in [2.05, 4.69) is 17.2 Å². The van der Waals surface area contributed by atoms with Gasteiger partial charge in [0, 0.05) is 6.04 Å². The molecule has 0 aromatic carbocycles. The lowest BCUT2D eigenvalue weighted by atomic mass is 9.84. The molecule has 1 aromatic rings. The molecule has 0 aliphatic heterocycles. The zero-order valence-electron chi connectivity index (χ0n) is 11.2. The maximum absolute atomic E-state index is 11.0. The van der Waals surface area contributed by atoms with Crippen LogP contribution in [-0.4, -0.2) is 22.1 Å². The summed E-state index contributed by atoms with van der Waals surface area (Å²) in [5, 5.41) is 12.3. The molecule has 1 aliphatic carbocycles. The quantitative estimate of drug-likeness (QED) is 0.777. The number of carboxylic acids is 1. The minimum atomic E-state index is -1.02. The van der Waals surface area contributed by atoms with E-state index in [1.807, 2.05) is 0 Å². The molecule has 5 nitrogen and oxygen atoms in total. The lowest BCUT2D eigenvalue weighted by molar-refractivity contribution is 0.0698. The van der Waals surface area contributed by atoms with Crippen LogP contribution in [0.25, 0.3) is 0 Å². The Morgan fingerprint density at radius 1 is 1.47 bits per heavy atom. The van der Waals surface area contributed by atoms with Crippen molar-refractivity contribution in [3.05, 3.63) is 17.8 Å². The van der Waals surface area contributed by atoms with Gasteiger partial charge in [-0.3, -0.25) is 0 Å². The van der Waals surface area contributed by atoms with E-state index in [4.69, 9.17) is 10.8 Å². The first-order valence-corrected chi connectivity index (χ1v) is 6.85. The molecule has 1 heterocycles. The zero-order valence-corrected chi connectivity index (χ0v) is 11.2. The third kappa shape index (κ3) is 3.36. The second kappa shape index (κ2) is 5.91. The van der Waals surface area contributed by atoms with Crippen LogP contribution in [0.5, 0.6) is 0 Å². The standard InChI is InChI=1S/C14H21N3O2/c1-2-9-3-5-10(6-4-9)17-13-7-11(14(18)19)12(15)8-16-13/h7-10H,2-6,15H2,1H3,(H,16,17)(H,18,19). The van der Waals surface area contributed by atoms with Gasteiger partial charge in [-0.25, -0.2) is 9.78 Å². The largest absolute Gasteiger partial charge is 0.478 e. The monoisotopic (exact) mass is 263 g/mol. The minimum Gasteiger partial charge on any atom is -0.478 e. The second-order valence-electron chi connectivity index (χ2n) is 5.23. The predicted octanol–water partition coefficient (Wildman–Crippen LogP) is 2.74. The molecule has 0 spiro atoms. The predicted molar refractivity (Wildman–Crippen MR) is 75.3 cm³/mol. The van der Waals surface area contributed by atoms with Crippen molar-refractivity contribution in [3.8, 4) is 0 Å². The van der Waals surface area contributed by atoms with Crippen LogP contribution in [0.4, 0.5) is 11.5 Å². The molecule has 104 valence electrons. The number of hydrogen-bond donors (Lipinski definition) is 3. The molecule has 2 rings (SSSR count). The normalized spacial score (nSPS) is 23.0. The molecule has 0 saturated heterocycles. The number of anilines is 2. The Morgan fingerprint density at radius 2 is 2.16 bits per heavy atom. The number of aromatic nitrogens is 1. The van der Waals surface area contributed by atoms with Gasteiger partial charge in [-0.2, -0.15) is 0 Å². The molecule has 19 heavy (non-hydrogen) atoms. The summed E-state index contributed by atoms with van der Waals surface area (Å²) in [4.78, 5) is 15.2. The Bertz CT molecular complexity index is 454. The van der Waals surface area contributed by atoms with Gasteiger partial charge < -0.3 is 16.2 Å². The number of rotatable bonds is 4. The van der Waals surface area contributed by atoms with Crippen molar-refractivity contribution < 1.29 is 9.90 Å². The van der Waals surface area contributed by atoms with Crippen LogP contribution in [0, 0.1) is 5.92 Å². The van der Waals surface area contributed by atoms with Crippen molar-refractivity contribution in [1.82, 2.24) is 4.98 Å². The Morgan fingerprint density at radius 3 is 2.74 bits per heavy atom. The van der Waals surface area contributed by atoms with Gasteiger partial charge in [-0.1, -0.05) is 13.3 Å². The number of pyridine rings is 1. The highest BCUT2D eigenvalue weighted by Crippen LogP contribution is 2.28. The van der Waals surface area contributed by atoms with Crippen LogP contribution >= 0.6 is 0 Å². The van der Waals surface area contributed by atoms with E-state index in [1.54, 1.807) is 0 Å². The molecule has 1 aliphatic rings. The number of nitrogens with one attached hydrogen (secondary N) is 1. The third-order valence-corrected chi connectivity index (χ3v) is 3.94. The number of carbonyl (C=O) groups is 1. The summed E-state index contributed by atoms with van der Waals surface area (Å²) in [6.07, 6.45) is 7.35. The Labute approximate surface area is 113 Å². The van der Waals surface area contributed by atoms with Crippen LogP contribution < -0.4 is 11.1 Å². The first kappa shape index (κ1) is 13.6. The van der Waals surface area contributed by atoms with Crippen LogP contribution in [0.2, 0.25) is 0 Å². The topological polar surface area (TPSA) is 88.2 Å². The van der Waals surface area contributed by atoms with E-state index in [0.29, 0.717) is 11.9 Å². The van der Waals surface area contributed by atoms with Crippen molar-refractivity contribution in [1.29, 1.82) is 0 Å². The van der Waals surface area contributed by atoms with Gasteiger partial charge in [0.15, 0.2) is 0 Å². The Kier molecular flexibility index (Phi) is 4.24. The van der Waals surface area contributed by atoms with Gasteiger partial charge >= 0.3 is 5.97 Å². The van der Waals surface area contributed by atoms with Gasteiger partial charge in [0.1, 0.15) is 5.82 Å². The summed E-state index contributed by atoms with van der Waals surface area (Å²) in [7, 11) is 0. The van der Waals surface area contributed by atoms with E-state index in [9.17, 15) is 4.79 Å². The zero-order chi connectivity index (χ0) is 13.8. The first-order chi connectivity index (χ1) is 9.10. The SMILES string of the molecule is CCC1CCC(Nc2cc(C(=O)O)c(N)cn2)CC1. The molecule has 1 fully saturated rings. The number of aromatic carboxylic acids is 1. The summed E-state index contributed by atoms with van der Waals surface area (Å²) in [6.45, 7) is 2.24. The summed E-state index contributed by atoms with van der Waals surface area (Å²) in [6, 6.07) is 1.91. The van der Waals surface area contributed by atoms with Crippen LogP contribution in [0.1, 0.15) is 49.4 Å². The highest BCUT2D eigenvalue weighted by Gasteiger charge is 2.20. The minimum absolute atomic E-state index is 0.111. The molecule has 5 heteroatoms. The third-order valence-electron chi connectivity index (χ3n) is 3.94.